The molecule has 0 saturated carbocycles. The van der Waals surface area contributed by atoms with Crippen LogP contribution < -0.4 is 10.6 Å². The number of nitrogens with zero attached hydrogens (tertiary/aromatic N) is 5. The highest BCUT2D eigenvalue weighted by Gasteiger charge is 2.07. The van der Waals surface area contributed by atoms with Gasteiger partial charge in [0.05, 0.1) is 0 Å². The van der Waals surface area contributed by atoms with Crippen LogP contribution in [0.15, 0.2) is 29.4 Å². The summed E-state index contributed by atoms with van der Waals surface area (Å²) >= 11 is 0. The van der Waals surface area contributed by atoms with Crippen molar-refractivity contribution in [3.63, 3.8) is 0 Å². The predicted molar refractivity (Wildman–Crippen MR) is 114 cm³/mol. The van der Waals surface area contributed by atoms with Gasteiger partial charge in [0.25, 0.3) is 0 Å². The number of aliphatic imine (C=N–C) groups is 1. The summed E-state index contributed by atoms with van der Waals surface area (Å²) in [5.74, 6) is 1.64. The van der Waals surface area contributed by atoms with Crippen molar-refractivity contribution in [2.75, 3.05) is 26.2 Å². The van der Waals surface area contributed by atoms with Gasteiger partial charge in [0.15, 0.2) is 17.4 Å². The van der Waals surface area contributed by atoms with Crippen molar-refractivity contribution in [1.29, 1.82) is 0 Å². The SMILES string of the molecule is CCNC(=NCc1nnc2ccccn12)NCCN(CC)C(C)C.I. The zero-order chi connectivity index (χ0) is 17.4. The Kier molecular flexibility index (Phi) is 9.73. The molecule has 0 spiro atoms. The molecule has 0 aliphatic carbocycles. The van der Waals surface area contributed by atoms with Crippen LogP contribution in [0.3, 0.4) is 0 Å². The molecule has 2 N–H and O–H groups in total. The van der Waals surface area contributed by atoms with E-state index in [1.807, 2.05) is 28.8 Å². The average molecular weight is 459 g/mol. The number of fused-ring (bicyclic) bond motifs is 1. The molecule has 0 radical (unpaired) electrons. The van der Waals surface area contributed by atoms with Crippen LogP contribution in [-0.4, -0.2) is 57.7 Å². The number of nitrogens with one attached hydrogen (secondary N) is 2. The molecule has 0 aromatic carbocycles. The third-order valence-corrected chi connectivity index (χ3v) is 3.94. The Morgan fingerprint density at radius 2 is 2.04 bits per heavy atom. The first-order valence-corrected chi connectivity index (χ1v) is 8.70. The zero-order valence-electron chi connectivity index (χ0n) is 15.6. The molecule has 0 saturated heterocycles. The summed E-state index contributed by atoms with van der Waals surface area (Å²) in [4.78, 5) is 7.05. The summed E-state index contributed by atoms with van der Waals surface area (Å²) in [7, 11) is 0. The lowest BCUT2D eigenvalue weighted by molar-refractivity contribution is 0.237. The highest BCUT2D eigenvalue weighted by atomic mass is 127. The lowest BCUT2D eigenvalue weighted by Crippen LogP contribution is -2.43. The highest BCUT2D eigenvalue weighted by Crippen LogP contribution is 2.03. The van der Waals surface area contributed by atoms with Crippen molar-refractivity contribution in [1.82, 2.24) is 30.1 Å². The van der Waals surface area contributed by atoms with Crippen LogP contribution in [0, 0.1) is 0 Å². The number of hydrogen-bond donors (Lipinski definition) is 2. The molecule has 140 valence electrons. The van der Waals surface area contributed by atoms with Gasteiger partial charge in [0.1, 0.15) is 6.54 Å². The molecule has 2 heterocycles. The van der Waals surface area contributed by atoms with Gasteiger partial charge in [-0.1, -0.05) is 13.0 Å². The standard InChI is InChI=1S/C17H29N7.HI/c1-5-18-17(19-10-12-23(6-2)14(3)4)20-13-16-22-21-15-9-7-8-11-24(15)16;/h7-9,11,14H,5-6,10,12-13H2,1-4H3,(H2,18,19,20);1H. The molecule has 0 amide bonds. The number of aromatic nitrogens is 3. The van der Waals surface area contributed by atoms with Gasteiger partial charge < -0.3 is 10.6 Å². The van der Waals surface area contributed by atoms with E-state index < -0.39 is 0 Å². The van der Waals surface area contributed by atoms with Crippen molar-refractivity contribution >= 4 is 35.6 Å². The predicted octanol–water partition coefficient (Wildman–Crippen LogP) is 2.13. The number of halogens is 1. The van der Waals surface area contributed by atoms with Crippen LogP contribution in [0.1, 0.15) is 33.5 Å². The van der Waals surface area contributed by atoms with E-state index in [0.29, 0.717) is 12.6 Å². The van der Waals surface area contributed by atoms with E-state index in [1.165, 1.54) is 0 Å². The zero-order valence-corrected chi connectivity index (χ0v) is 17.9. The molecule has 2 rings (SSSR count). The molecule has 0 fully saturated rings. The van der Waals surface area contributed by atoms with Crippen LogP contribution in [0.4, 0.5) is 0 Å². The van der Waals surface area contributed by atoms with Gasteiger partial charge in [-0.25, -0.2) is 4.99 Å². The van der Waals surface area contributed by atoms with Crippen molar-refractivity contribution < 1.29 is 0 Å². The topological polar surface area (TPSA) is 69.8 Å². The molecule has 0 unspecified atom stereocenters. The minimum Gasteiger partial charge on any atom is -0.357 e. The molecular weight excluding hydrogens is 429 g/mol. The fourth-order valence-corrected chi connectivity index (χ4v) is 2.59. The largest absolute Gasteiger partial charge is 0.357 e. The Morgan fingerprint density at radius 3 is 2.72 bits per heavy atom. The Balaban J connectivity index is 0.00000312. The number of pyridine rings is 1. The summed E-state index contributed by atoms with van der Waals surface area (Å²) in [6, 6.07) is 6.42. The number of guanidine groups is 1. The monoisotopic (exact) mass is 459 g/mol. The average Bonchev–Trinajstić information content (AvgIpc) is 2.99. The molecule has 7 nitrogen and oxygen atoms in total. The smallest absolute Gasteiger partial charge is 0.191 e. The minimum absolute atomic E-state index is 0. The minimum atomic E-state index is 0. The maximum Gasteiger partial charge on any atom is 0.191 e. The van der Waals surface area contributed by atoms with E-state index in [1.54, 1.807) is 0 Å². The maximum absolute atomic E-state index is 4.63. The van der Waals surface area contributed by atoms with E-state index in [2.05, 4.69) is 58.4 Å². The first-order valence-electron chi connectivity index (χ1n) is 8.70. The van der Waals surface area contributed by atoms with Gasteiger partial charge in [0, 0.05) is 31.9 Å². The number of likely N-dealkylation sites (N-methyl/N-ethyl adjacent to an activating group) is 1. The summed E-state index contributed by atoms with van der Waals surface area (Å²) in [5.41, 5.74) is 0.844. The first kappa shape index (κ1) is 21.6. The van der Waals surface area contributed by atoms with Gasteiger partial charge in [0.2, 0.25) is 0 Å². The summed E-state index contributed by atoms with van der Waals surface area (Å²) in [5, 5.41) is 15.0. The molecular formula is C17H30IN7. The number of hydrogen-bond acceptors (Lipinski definition) is 4. The van der Waals surface area contributed by atoms with E-state index in [4.69, 9.17) is 0 Å². The van der Waals surface area contributed by atoms with E-state index in [9.17, 15) is 0 Å². The molecule has 0 atom stereocenters. The van der Waals surface area contributed by atoms with E-state index >= 15 is 0 Å². The molecule has 25 heavy (non-hydrogen) atoms. The van der Waals surface area contributed by atoms with Gasteiger partial charge >= 0.3 is 0 Å². The van der Waals surface area contributed by atoms with E-state index in [-0.39, 0.29) is 24.0 Å². The van der Waals surface area contributed by atoms with Gasteiger partial charge in [-0.15, -0.1) is 34.2 Å². The van der Waals surface area contributed by atoms with Crippen LogP contribution in [0.5, 0.6) is 0 Å². The second-order valence-electron chi connectivity index (χ2n) is 5.89. The van der Waals surface area contributed by atoms with Crippen LogP contribution in [-0.2, 0) is 6.54 Å². The van der Waals surface area contributed by atoms with Crippen molar-refractivity contribution in [2.45, 2.75) is 40.3 Å². The highest BCUT2D eigenvalue weighted by molar-refractivity contribution is 14.0. The molecule has 0 aliphatic heterocycles. The first-order chi connectivity index (χ1) is 11.7. The lowest BCUT2D eigenvalue weighted by atomic mass is 10.3. The Bertz CT molecular complexity index is 653. The van der Waals surface area contributed by atoms with Crippen LogP contribution in [0.2, 0.25) is 0 Å². The Labute approximate surface area is 167 Å². The van der Waals surface area contributed by atoms with Gasteiger partial charge in [-0.2, -0.15) is 0 Å². The molecule has 2 aromatic heterocycles. The normalized spacial score (nSPS) is 11.8. The van der Waals surface area contributed by atoms with Crippen LogP contribution in [0.25, 0.3) is 5.65 Å². The van der Waals surface area contributed by atoms with E-state index in [0.717, 1.165) is 43.6 Å². The quantitative estimate of drug-likeness (QED) is 0.360. The van der Waals surface area contributed by atoms with Gasteiger partial charge in [-0.3, -0.25) is 9.30 Å². The summed E-state index contributed by atoms with van der Waals surface area (Å²) in [6.45, 7) is 12.9. The molecule has 0 bridgehead atoms. The van der Waals surface area contributed by atoms with Crippen molar-refractivity contribution in [2.24, 2.45) is 4.99 Å². The van der Waals surface area contributed by atoms with Crippen molar-refractivity contribution in [3.05, 3.63) is 30.2 Å². The fraction of sp³-hybridized carbons (Fsp3) is 0.588. The van der Waals surface area contributed by atoms with Crippen LogP contribution >= 0.6 is 24.0 Å². The van der Waals surface area contributed by atoms with Crippen molar-refractivity contribution in [3.8, 4) is 0 Å². The third-order valence-electron chi connectivity index (χ3n) is 3.94. The maximum atomic E-state index is 4.63. The molecule has 0 aliphatic rings. The summed E-state index contributed by atoms with van der Waals surface area (Å²) < 4.78 is 1.96. The Morgan fingerprint density at radius 1 is 1.24 bits per heavy atom. The second kappa shape index (κ2) is 11.2. The summed E-state index contributed by atoms with van der Waals surface area (Å²) in [6.07, 6.45) is 1.96. The number of rotatable bonds is 8. The lowest BCUT2D eigenvalue weighted by Gasteiger charge is -2.25. The molecule has 8 heteroatoms. The van der Waals surface area contributed by atoms with Gasteiger partial charge in [-0.05, 0) is 39.4 Å². The second-order valence-corrected chi connectivity index (χ2v) is 5.89. The fourth-order valence-electron chi connectivity index (χ4n) is 2.59. The Hall–Kier alpha value is -1.42. The molecule has 2 aromatic rings. The third kappa shape index (κ3) is 6.43.